The van der Waals surface area contributed by atoms with E-state index in [2.05, 4.69) is 6.92 Å². The molecule has 1 aliphatic rings. The molecule has 2 rings (SSSR count). The molecule has 1 aromatic carbocycles. The number of ether oxygens (including phenoxy) is 2. The molecule has 0 radical (unpaired) electrons. The lowest BCUT2D eigenvalue weighted by atomic mass is 9.87. The summed E-state index contributed by atoms with van der Waals surface area (Å²) in [5.41, 5.74) is 1.29. The van der Waals surface area contributed by atoms with Crippen molar-refractivity contribution in [1.29, 1.82) is 0 Å². The van der Waals surface area contributed by atoms with Gasteiger partial charge in [-0.3, -0.25) is 4.79 Å². The number of benzene rings is 1. The zero-order valence-electron chi connectivity index (χ0n) is 16.6. The van der Waals surface area contributed by atoms with Gasteiger partial charge in [-0.2, -0.15) is 0 Å². The summed E-state index contributed by atoms with van der Waals surface area (Å²) in [5, 5.41) is 0. The van der Waals surface area contributed by atoms with Gasteiger partial charge < -0.3 is 9.47 Å². The van der Waals surface area contributed by atoms with Crippen LogP contribution in [0.1, 0.15) is 70.8 Å². The average Bonchev–Trinajstić information content (AvgIpc) is 2.67. The first-order valence-electron chi connectivity index (χ1n) is 10.3. The van der Waals surface area contributed by atoms with E-state index >= 15 is 0 Å². The molecule has 4 heteroatoms. The number of esters is 2. The van der Waals surface area contributed by atoms with Crippen molar-refractivity contribution in [1.82, 2.24) is 0 Å². The summed E-state index contributed by atoms with van der Waals surface area (Å²) in [6.07, 6.45) is 11.9. The number of unbranched alkanes of at least 4 members (excludes halogenated alkanes) is 3. The van der Waals surface area contributed by atoms with Gasteiger partial charge in [0.15, 0.2) is 0 Å². The van der Waals surface area contributed by atoms with Crippen LogP contribution in [0, 0.1) is 5.92 Å². The first-order valence-corrected chi connectivity index (χ1v) is 10.3. The van der Waals surface area contributed by atoms with E-state index in [-0.39, 0.29) is 24.0 Å². The van der Waals surface area contributed by atoms with Gasteiger partial charge in [0, 0.05) is 6.08 Å². The summed E-state index contributed by atoms with van der Waals surface area (Å²) in [6, 6.07) is 7.87. The van der Waals surface area contributed by atoms with Crippen LogP contribution in [0.3, 0.4) is 0 Å². The van der Waals surface area contributed by atoms with Crippen molar-refractivity contribution >= 4 is 11.9 Å². The lowest BCUT2D eigenvalue weighted by molar-refractivity contribution is -0.147. The Balaban J connectivity index is 1.73. The second-order valence-electron chi connectivity index (χ2n) is 7.29. The predicted octanol–water partition coefficient (Wildman–Crippen LogP) is 5.39. The molecule has 0 spiro atoms. The Kier molecular flexibility index (Phi) is 9.09. The smallest absolute Gasteiger partial charge is 0.330 e. The van der Waals surface area contributed by atoms with Crippen molar-refractivity contribution in [3.05, 3.63) is 42.0 Å². The Labute approximate surface area is 162 Å². The highest BCUT2D eigenvalue weighted by molar-refractivity contribution is 5.82. The fourth-order valence-corrected chi connectivity index (χ4v) is 3.44. The fraction of sp³-hybridized carbons (Fsp3) is 0.565. The zero-order valence-corrected chi connectivity index (χ0v) is 16.6. The van der Waals surface area contributed by atoms with E-state index in [1.807, 2.05) is 24.3 Å². The van der Waals surface area contributed by atoms with Crippen LogP contribution in [0.25, 0.3) is 0 Å². The van der Waals surface area contributed by atoms with Gasteiger partial charge in [-0.15, -0.1) is 0 Å². The molecular weight excluding hydrogens is 340 g/mol. The largest absolute Gasteiger partial charge is 0.459 e. The number of carbonyl (C=O) groups is 2. The van der Waals surface area contributed by atoms with Crippen LogP contribution < -0.4 is 4.74 Å². The van der Waals surface area contributed by atoms with E-state index in [0.717, 1.165) is 6.42 Å². The summed E-state index contributed by atoms with van der Waals surface area (Å²) in [4.78, 5) is 23.9. The maximum absolute atomic E-state index is 12.4. The molecule has 148 valence electrons. The number of aryl methyl sites for hydroxylation is 1. The van der Waals surface area contributed by atoms with Crippen LogP contribution in [-0.4, -0.2) is 18.0 Å². The Morgan fingerprint density at radius 2 is 1.74 bits per heavy atom. The predicted molar refractivity (Wildman–Crippen MR) is 107 cm³/mol. The van der Waals surface area contributed by atoms with Crippen LogP contribution in [0.5, 0.6) is 5.75 Å². The number of hydrogen-bond donors (Lipinski definition) is 0. The Morgan fingerprint density at radius 3 is 2.37 bits per heavy atom. The number of allylic oxidation sites excluding steroid dienone is 1. The molecule has 1 aromatic rings. The van der Waals surface area contributed by atoms with Crippen molar-refractivity contribution in [2.75, 3.05) is 0 Å². The summed E-state index contributed by atoms with van der Waals surface area (Å²) < 4.78 is 10.9. The first kappa shape index (κ1) is 21.2. The number of carbonyl (C=O) groups excluding carboxylic acids is 2. The lowest BCUT2D eigenvalue weighted by Crippen LogP contribution is -2.29. The van der Waals surface area contributed by atoms with Gasteiger partial charge in [0.05, 0.1) is 5.92 Å². The van der Waals surface area contributed by atoms with Crippen LogP contribution in [-0.2, 0) is 20.7 Å². The van der Waals surface area contributed by atoms with Crippen molar-refractivity contribution in [3.8, 4) is 5.75 Å². The highest BCUT2D eigenvalue weighted by Gasteiger charge is 2.29. The third-order valence-corrected chi connectivity index (χ3v) is 5.05. The van der Waals surface area contributed by atoms with E-state index in [1.54, 1.807) is 13.0 Å². The van der Waals surface area contributed by atoms with Crippen molar-refractivity contribution < 1.29 is 19.1 Å². The highest BCUT2D eigenvalue weighted by Crippen LogP contribution is 2.28. The molecule has 0 heterocycles. The quantitative estimate of drug-likeness (QED) is 0.252. The topological polar surface area (TPSA) is 52.6 Å². The molecule has 0 atom stereocenters. The maximum Gasteiger partial charge on any atom is 0.330 e. The van der Waals surface area contributed by atoms with E-state index in [9.17, 15) is 9.59 Å². The third kappa shape index (κ3) is 7.58. The molecule has 0 saturated heterocycles. The molecular formula is C23H32O4. The second-order valence-corrected chi connectivity index (χ2v) is 7.29. The molecule has 0 aromatic heterocycles. The van der Waals surface area contributed by atoms with Crippen LogP contribution in [0.4, 0.5) is 0 Å². The van der Waals surface area contributed by atoms with E-state index in [4.69, 9.17) is 9.47 Å². The van der Waals surface area contributed by atoms with Crippen LogP contribution >= 0.6 is 0 Å². The van der Waals surface area contributed by atoms with E-state index in [1.165, 1.54) is 37.3 Å². The third-order valence-electron chi connectivity index (χ3n) is 5.05. The summed E-state index contributed by atoms with van der Waals surface area (Å²) in [7, 11) is 0. The number of hydrogen-bond acceptors (Lipinski definition) is 4. The van der Waals surface area contributed by atoms with Crippen LogP contribution in [0.15, 0.2) is 36.4 Å². The van der Waals surface area contributed by atoms with Crippen molar-refractivity contribution in [3.63, 3.8) is 0 Å². The summed E-state index contributed by atoms with van der Waals surface area (Å²) >= 11 is 0. The molecule has 0 unspecified atom stereocenters. The fourth-order valence-electron chi connectivity index (χ4n) is 3.44. The maximum atomic E-state index is 12.4. The monoisotopic (exact) mass is 372 g/mol. The summed E-state index contributed by atoms with van der Waals surface area (Å²) in [6.45, 7) is 4.00. The van der Waals surface area contributed by atoms with Crippen molar-refractivity contribution in [2.45, 2.75) is 77.7 Å². The van der Waals surface area contributed by atoms with Gasteiger partial charge in [-0.25, -0.2) is 4.79 Å². The molecule has 4 nitrogen and oxygen atoms in total. The minimum atomic E-state index is -0.307. The minimum absolute atomic E-state index is 0.0928. The first-order chi connectivity index (χ1) is 13.1. The van der Waals surface area contributed by atoms with Crippen molar-refractivity contribution in [2.24, 2.45) is 5.92 Å². The van der Waals surface area contributed by atoms with E-state index in [0.29, 0.717) is 31.4 Å². The highest BCUT2D eigenvalue weighted by atomic mass is 16.5. The summed E-state index contributed by atoms with van der Waals surface area (Å²) in [5.74, 6) is 0.0107. The molecule has 0 bridgehead atoms. The molecule has 0 amide bonds. The average molecular weight is 373 g/mol. The molecule has 0 aliphatic heterocycles. The molecule has 1 fully saturated rings. The Bertz CT molecular complexity index is 610. The zero-order chi connectivity index (χ0) is 19.5. The number of rotatable bonds is 9. The van der Waals surface area contributed by atoms with Gasteiger partial charge in [0.2, 0.25) is 0 Å². The molecule has 27 heavy (non-hydrogen) atoms. The van der Waals surface area contributed by atoms with Crippen LogP contribution in [0.2, 0.25) is 0 Å². The Morgan fingerprint density at radius 1 is 1.04 bits per heavy atom. The standard InChI is InChI=1S/C23H32O4/c1-3-5-6-7-9-18-10-14-21(15-11-18)27-23(25)19-12-16-20(17-13-19)26-22(24)8-4-2/h4,8,10-11,14-15,19-20H,3,5-7,9,12-13,16-17H2,1-2H3/b8-4+. The van der Waals surface area contributed by atoms with Gasteiger partial charge >= 0.3 is 11.9 Å². The normalized spacial score (nSPS) is 19.8. The minimum Gasteiger partial charge on any atom is -0.459 e. The molecule has 1 aliphatic carbocycles. The van der Waals surface area contributed by atoms with Gasteiger partial charge in [-0.05, 0) is 63.1 Å². The molecule has 1 saturated carbocycles. The van der Waals surface area contributed by atoms with Gasteiger partial charge in [0.25, 0.3) is 0 Å². The lowest BCUT2D eigenvalue weighted by Gasteiger charge is -2.26. The van der Waals surface area contributed by atoms with Gasteiger partial charge in [-0.1, -0.05) is 44.4 Å². The SMILES string of the molecule is C/C=C/C(=O)OC1CCC(C(=O)Oc2ccc(CCCCCC)cc2)CC1. The van der Waals surface area contributed by atoms with E-state index < -0.39 is 0 Å². The van der Waals surface area contributed by atoms with Gasteiger partial charge in [0.1, 0.15) is 11.9 Å². The second kappa shape index (κ2) is 11.6. The Hall–Kier alpha value is -2.10. The molecule has 0 N–H and O–H groups in total.